The summed E-state index contributed by atoms with van der Waals surface area (Å²) >= 11 is 7.30. The first-order valence-electron chi connectivity index (χ1n) is 9.80. The predicted octanol–water partition coefficient (Wildman–Crippen LogP) is 4.94. The smallest absolute Gasteiger partial charge is 0.234 e. The Morgan fingerprint density at radius 2 is 1.91 bits per heavy atom. The first-order valence-corrected chi connectivity index (χ1v) is 11.2. The Bertz CT molecular complexity index is 1260. The first kappa shape index (κ1) is 22.0. The number of benzene rings is 3. The van der Waals surface area contributed by atoms with Crippen molar-refractivity contribution < 1.29 is 14.3 Å². The molecule has 0 saturated carbocycles. The molecule has 4 rings (SSSR count). The van der Waals surface area contributed by atoms with Gasteiger partial charge in [0, 0.05) is 17.5 Å². The van der Waals surface area contributed by atoms with Gasteiger partial charge in [-0.15, -0.1) is 10.2 Å². The number of hydrogen-bond acceptors (Lipinski definition) is 6. The summed E-state index contributed by atoms with van der Waals surface area (Å²) in [6, 6.07) is 19.0. The summed E-state index contributed by atoms with van der Waals surface area (Å²) in [5.41, 5.74) is 0.521. The highest BCUT2D eigenvalue weighted by Gasteiger charge is 2.14. The van der Waals surface area contributed by atoms with Gasteiger partial charge in [-0.05, 0) is 29.7 Å². The van der Waals surface area contributed by atoms with E-state index in [-0.39, 0.29) is 18.3 Å². The molecule has 0 unspecified atom stereocenters. The standard InChI is InChI=1S/C23H21ClN4O3S/c1-28-21(13-31-19-9-5-7-15-6-3-4-8-17(15)19)26-27-23(28)32-14-22(29)25-18-12-16(24)10-11-20(18)30-2/h3-12H,13-14H2,1-2H3,(H,25,29). The van der Waals surface area contributed by atoms with Gasteiger partial charge in [-0.25, -0.2) is 0 Å². The van der Waals surface area contributed by atoms with Gasteiger partial charge in [0.15, 0.2) is 11.0 Å². The molecule has 0 aliphatic rings. The van der Waals surface area contributed by atoms with Gasteiger partial charge in [-0.2, -0.15) is 0 Å². The molecule has 32 heavy (non-hydrogen) atoms. The Morgan fingerprint density at radius 3 is 2.75 bits per heavy atom. The van der Waals surface area contributed by atoms with Crippen LogP contribution < -0.4 is 14.8 Å². The molecular formula is C23H21ClN4O3S. The number of thioether (sulfide) groups is 1. The average molecular weight is 469 g/mol. The van der Waals surface area contributed by atoms with Gasteiger partial charge in [-0.1, -0.05) is 59.8 Å². The fraction of sp³-hybridized carbons (Fsp3) is 0.174. The van der Waals surface area contributed by atoms with Crippen LogP contribution in [0.2, 0.25) is 5.02 Å². The van der Waals surface area contributed by atoms with Crippen LogP contribution in [0.4, 0.5) is 5.69 Å². The number of halogens is 1. The Morgan fingerprint density at radius 1 is 1.09 bits per heavy atom. The summed E-state index contributed by atoms with van der Waals surface area (Å²) < 4.78 is 13.1. The normalized spacial score (nSPS) is 10.8. The number of nitrogens with zero attached hydrogens (tertiary/aromatic N) is 3. The topological polar surface area (TPSA) is 78.3 Å². The van der Waals surface area contributed by atoms with Gasteiger partial charge in [0.1, 0.15) is 18.1 Å². The van der Waals surface area contributed by atoms with E-state index in [0.717, 1.165) is 16.5 Å². The molecule has 1 aromatic heterocycles. The van der Waals surface area contributed by atoms with Crippen molar-refractivity contribution in [3.63, 3.8) is 0 Å². The largest absolute Gasteiger partial charge is 0.495 e. The van der Waals surface area contributed by atoms with Crippen LogP contribution in [0, 0.1) is 0 Å². The van der Waals surface area contributed by atoms with Crippen LogP contribution in [-0.2, 0) is 18.4 Å². The number of carbonyl (C=O) groups is 1. The zero-order valence-electron chi connectivity index (χ0n) is 17.5. The monoisotopic (exact) mass is 468 g/mol. The molecule has 0 bridgehead atoms. The molecule has 0 aliphatic carbocycles. The predicted molar refractivity (Wildman–Crippen MR) is 127 cm³/mol. The molecule has 4 aromatic rings. The van der Waals surface area contributed by atoms with Gasteiger partial charge in [-0.3, -0.25) is 4.79 Å². The number of anilines is 1. The lowest BCUT2D eigenvalue weighted by atomic mass is 10.1. The van der Waals surface area contributed by atoms with Crippen molar-refractivity contribution in [1.82, 2.24) is 14.8 Å². The van der Waals surface area contributed by atoms with Gasteiger partial charge < -0.3 is 19.4 Å². The number of amides is 1. The van der Waals surface area contributed by atoms with Gasteiger partial charge in [0.2, 0.25) is 5.91 Å². The number of fused-ring (bicyclic) bond motifs is 1. The van der Waals surface area contributed by atoms with Gasteiger partial charge in [0.25, 0.3) is 0 Å². The van der Waals surface area contributed by atoms with Crippen LogP contribution in [0.1, 0.15) is 5.82 Å². The molecule has 9 heteroatoms. The molecule has 1 heterocycles. The Labute approximate surface area is 194 Å². The van der Waals surface area contributed by atoms with E-state index in [1.165, 1.54) is 18.9 Å². The highest BCUT2D eigenvalue weighted by atomic mass is 35.5. The Balaban J connectivity index is 1.37. The SMILES string of the molecule is COc1ccc(Cl)cc1NC(=O)CSc1nnc(COc2cccc3ccccc23)n1C. The van der Waals surface area contributed by atoms with Crippen LogP contribution in [0.5, 0.6) is 11.5 Å². The van der Waals surface area contributed by atoms with Crippen molar-refractivity contribution in [1.29, 1.82) is 0 Å². The van der Waals surface area contributed by atoms with Crippen LogP contribution in [-0.4, -0.2) is 33.5 Å². The minimum atomic E-state index is -0.202. The summed E-state index contributed by atoms with van der Waals surface area (Å²) in [5.74, 6) is 1.95. The molecular weight excluding hydrogens is 448 g/mol. The van der Waals surface area contributed by atoms with Crippen LogP contribution in [0.15, 0.2) is 65.8 Å². The van der Waals surface area contributed by atoms with E-state index in [4.69, 9.17) is 21.1 Å². The van der Waals surface area contributed by atoms with E-state index in [1.807, 2.05) is 54.1 Å². The second-order valence-electron chi connectivity index (χ2n) is 6.91. The maximum absolute atomic E-state index is 12.4. The van der Waals surface area contributed by atoms with Crippen molar-refractivity contribution in [3.8, 4) is 11.5 Å². The van der Waals surface area contributed by atoms with Crippen molar-refractivity contribution in [2.75, 3.05) is 18.2 Å². The van der Waals surface area contributed by atoms with E-state index in [1.54, 1.807) is 18.2 Å². The van der Waals surface area contributed by atoms with Crippen LogP contribution >= 0.6 is 23.4 Å². The fourth-order valence-electron chi connectivity index (χ4n) is 3.15. The van der Waals surface area contributed by atoms with Crippen molar-refractivity contribution in [3.05, 3.63) is 71.5 Å². The lowest BCUT2D eigenvalue weighted by Crippen LogP contribution is -2.15. The molecule has 7 nitrogen and oxygen atoms in total. The molecule has 0 aliphatic heterocycles. The molecule has 0 saturated heterocycles. The number of aromatic nitrogens is 3. The second-order valence-corrected chi connectivity index (χ2v) is 8.28. The maximum Gasteiger partial charge on any atom is 0.234 e. The van der Waals surface area contributed by atoms with Crippen molar-refractivity contribution in [2.45, 2.75) is 11.8 Å². The number of rotatable bonds is 8. The molecule has 0 fully saturated rings. The quantitative estimate of drug-likeness (QED) is 0.369. The molecule has 0 atom stereocenters. The minimum Gasteiger partial charge on any atom is -0.495 e. The van der Waals surface area contributed by atoms with E-state index < -0.39 is 0 Å². The molecule has 164 valence electrons. The van der Waals surface area contributed by atoms with Crippen molar-refractivity contribution in [2.24, 2.45) is 7.05 Å². The van der Waals surface area contributed by atoms with Crippen molar-refractivity contribution >= 4 is 45.7 Å². The number of carbonyl (C=O) groups excluding carboxylic acids is 1. The summed E-state index contributed by atoms with van der Waals surface area (Å²) in [4.78, 5) is 12.4. The third-order valence-electron chi connectivity index (χ3n) is 4.80. The number of nitrogens with one attached hydrogen (secondary N) is 1. The maximum atomic E-state index is 12.4. The second kappa shape index (κ2) is 9.93. The minimum absolute atomic E-state index is 0.159. The van der Waals surface area contributed by atoms with E-state index >= 15 is 0 Å². The van der Waals surface area contributed by atoms with Crippen LogP contribution in [0.25, 0.3) is 10.8 Å². The molecule has 1 N–H and O–H groups in total. The molecule has 0 radical (unpaired) electrons. The van der Waals surface area contributed by atoms with Gasteiger partial charge in [0.05, 0.1) is 18.6 Å². The molecule has 3 aromatic carbocycles. The Hall–Kier alpha value is -3.23. The number of methoxy groups -OCH3 is 1. The Kier molecular flexibility index (Phi) is 6.82. The average Bonchev–Trinajstić information content (AvgIpc) is 3.15. The zero-order valence-corrected chi connectivity index (χ0v) is 19.1. The lowest BCUT2D eigenvalue weighted by Gasteiger charge is -2.10. The van der Waals surface area contributed by atoms with E-state index in [2.05, 4.69) is 15.5 Å². The first-order chi connectivity index (χ1) is 15.5. The third-order valence-corrected chi connectivity index (χ3v) is 6.05. The fourth-order valence-corrected chi connectivity index (χ4v) is 4.06. The summed E-state index contributed by atoms with van der Waals surface area (Å²) in [5, 5.41) is 14.5. The third kappa shape index (κ3) is 4.98. The zero-order chi connectivity index (χ0) is 22.5. The van der Waals surface area contributed by atoms with E-state index in [9.17, 15) is 4.79 Å². The summed E-state index contributed by atoms with van der Waals surface area (Å²) in [6.45, 7) is 0.268. The highest BCUT2D eigenvalue weighted by Crippen LogP contribution is 2.28. The summed E-state index contributed by atoms with van der Waals surface area (Å²) in [6.07, 6.45) is 0. The highest BCUT2D eigenvalue weighted by molar-refractivity contribution is 7.99. The summed E-state index contributed by atoms with van der Waals surface area (Å²) in [7, 11) is 3.39. The molecule has 0 spiro atoms. The number of ether oxygens (including phenoxy) is 2. The lowest BCUT2D eigenvalue weighted by molar-refractivity contribution is -0.113. The molecule has 1 amide bonds. The van der Waals surface area contributed by atoms with Gasteiger partial charge >= 0.3 is 0 Å². The van der Waals surface area contributed by atoms with E-state index in [0.29, 0.717) is 27.4 Å². The van der Waals surface area contributed by atoms with Crippen LogP contribution in [0.3, 0.4) is 0 Å². The number of hydrogen-bond donors (Lipinski definition) is 1.